The molecule has 0 bridgehead atoms. The summed E-state index contributed by atoms with van der Waals surface area (Å²) in [6.07, 6.45) is 0.509. The molecule has 0 atom stereocenters. The second-order valence-electron chi connectivity index (χ2n) is 1.80. The minimum absolute atomic E-state index is 0. The van der Waals surface area contributed by atoms with Gasteiger partial charge in [0.25, 0.3) is 0 Å². The third kappa shape index (κ3) is 8.72. The molecule has 0 fully saturated rings. The number of carboxylic acid groups (broad SMARTS) is 3. The van der Waals surface area contributed by atoms with Crippen molar-refractivity contribution >= 4 is 12.1 Å². The zero-order chi connectivity index (χ0) is 10.3. The van der Waals surface area contributed by atoms with Crippen LogP contribution in [0.15, 0.2) is 24.5 Å². The first kappa shape index (κ1) is 15.1. The average Bonchev–Trinajstić information content (AvgIpc) is 2.05. The van der Waals surface area contributed by atoms with Crippen LogP contribution in [0.5, 0.6) is 0 Å². The molecular weight excluding hydrogens is 286 g/mol. The molecule has 1 aromatic heterocycles. The second kappa shape index (κ2) is 8.24. The maximum absolute atomic E-state index is 10.2. The van der Waals surface area contributed by atoms with Gasteiger partial charge in [0.1, 0.15) is 0 Å². The molecule has 0 unspecified atom stereocenters. The molecule has 7 heteroatoms. The van der Waals surface area contributed by atoms with Crippen LogP contribution in [-0.4, -0.2) is 22.2 Å². The van der Waals surface area contributed by atoms with E-state index in [1.807, 2.05) is 0 Å². The molecule has 0 aliphatic heterocycles. The van der Waals surface area contributed by atoms with E-state index in [2.05, 4.69) is 4.98 Å². The van der Waals surface area contributed by atoms with Crippen molar-refractivity contribution in [2.45, 2.75) is 0 Å². The summed E-state index contributed by atoms with van der Waals surface area (Å²) in [5, 5.41) is 25.0. The van der Waals surface area contributed by atoms with Crippen molar-refractivity contribution < 1.29 is 47.3 Å². The average molecular weight is 291 g/mol. The third-order valence-corrected chi connectivity index (χ3v) is 0.908. The van der Waals surface area contributed by atoms with Crippen molar-refractivity contribution in [2.75, 3.05) is 0 Å². The Hall–Kier alpha value is -1.37. The smallest absolute Gasteiger partial charge is 0.337 e. The molecule has 0 aliphatic carbocycles. The van der Waals surface area contributed by atoms with Crippen molar-refractivity contribution in [2.24, 2.45) is 0 Å². The van der Waals surface area contributed by atoms with Crippen LogP contribution < -0.4 is 10.2 Å². The van der Waals surface area contributed by atoms with Crippen LogP contribution in [0.2, 0.25) is 0 Å². The number of hydrogen-bond donors (Lipinski definition) is 1. The number of carbonyl (C=O) groups is 2. The number of nitrogens with zero attached hydrogens (tertiary/aromatic N) is 1. The fourth-order valence-corrected chi connectivity index (χ4v) is 0.489. The molecule has 81 valence electrons. The first-order valence-corrected chi connectivity index (χ1v) is 3.05. The number of aromatic carboxylic acids is 1. The third-order valence-electron chi connectivity index (χ3n) is 0.908. The van der Waals surface area contributed by atoms with Gasteiger partial charge < -0.3 is 20.1 Å². The van der Waals surface area contributed by atoms with E-state index in [0.717, 1.165) is 0 Å². The topological polar surface area (TPSA) is 113 Å². The first-order valence-electron chi connectivity index (χ1n) is 3.05. The van der Waals surface area contributed by atoms with Gasteiger partial charge in [0.05, 0.1) is 5.56 Å². The van der Waals surface area contributed by atoms with E-state index >= 15 is 0 Å². The van der Waals surface area contributed by atoms with E-state index in [1.54, 1.807) is 6.07 Å². The van der Waals surface area contributed by atoms with Gasteiger partial charge in [-0.3, -0.25) is 4.98 Å². The molecule has 0 aliphatic rings. The van der Waals surface area contributed by atoms with Crippen LogP contribution >= 0.6 is 0 Å². The molecular formula is C7H5AgNO5-2. The molecule has 0 amide bonds. The number of carbonyl (C=O) groups excluding carboxylic acids is 1. The van der Waals surface area contributed by atoms with E-state index in [4.69, 9.17) is 20.1 Å². The van der Waals surface area contributed by atoms with E-state index < -0.39 is 12.1 Å². The monoisotopic (exact) mass is 290 g/mol. The molecule has 1 rings (SSSR count). The Morgan fingerprint density at radius 2 is 1.86 bits per heavy atom. The SMILES string of the molecule is O=C(O)c1cccnc1.O=C([O-])[O-].[Ag]. The van der Waals surface area contributed by atoms with Gasteiger partial charge in [0, 0.05) is 34.8 Å². The van der Waals surface area contributed by atoms with Gasteiger partial charge in [-0.2, -0.15) is 0 Å². The van der Waals surface area contributed by atoms with Gasteiger partial charge in [-0.25, -0.2) is 4.79 Å². The summed E-state index contributed by atoms with van der Waals surface area (Å²) in [6.45, 7) is 0. The van der Waals surface area contributed by atoms with Gasteiger partial charge in [0.15, 0.2) is 0 Å². The molecule has 1 aromatic rings. The number of carboxylic acids is 1. The molecule has 6 nitrogen and oxygen atoms in total. The molecule has 1 N–H and O–H groups in total. The summed E-state index contributed by atoms with van der Waals surface area (Å²) in [7, 11) is 0. The van der Waals surface area contributed by atoms with Gasteiger partial charge in [-0.15, -0.1) is 0 Å². The Morgan fingerprint density at radius 3 is 2.07 bits per heavy atom. The van der Waals surface area contributed by atoms with Crippen LogP contribution in [0.25, 0.3) is 0 Å². The Bertz CT molecular complexity index is 285. The fraction of sp³-hybridized carbons (Fsp3) is 0. The number of pyridine rings is 1. The summed E-state index contributed by atoms with van der Waals surface area (Å²) in [5.74, 6) is -0.942. The second-order valence-corrected chi connectivity index (χ2v) is 1.80. The zero-order valence-corrected chi connectivity index (χ0v) is 8.12. The van der Waals surface area contributed by atoms with Gasteiger partial charge in [0.2, 0.25) is 0 Å². The molecule has 1 heterocycles. The van der Waals surface area contributed by atoms with E-state index in [0.29, 0.717) is 0 Å². The Labute approximate surface area is 94.7 Å². The number of aromatic nitrogens is 1. The largest absolute Gasteiger partial charge is 0.652 e. The van der Waals surface area contributed by atoms with E-state index in [1.165, 1.54) is 18.5 Å². The van der Waals surface area contributed by atoms with Crippen molar-refractivity contribution in [1.82, 2.24) is 4.98 Å². The molecule has 0 saturated carbocycles. The van der Waals surface area contributed by atoms with Crippen molar-refractivity contribution in [3.63, 3.8) is 0 Å². The summed E-state index contributed by atoms with van der Waals surface area (Å²) in [5.41, 5.74) is 0.220. The quantitative estimate of drug-likeness (QED) is 0.619. The number of hydrogen-bond acceptors (Lipinski definition) is 5. The molecule has 0 spiro atoms. The standard InChI is InChI=1S/C6H5NO2.CH2O3.Ag/c8-6(9)5-2-1-3-7-4-5;2-1(3)4;/h1-4H,(H,8,9);(H2,2,3,4);/p-2. The predicted octanol–water partition coefficient (Wildman–Crippen LogP) is -1.67. The summed E-state index contributed by atoms with van der Waals surface area (Å²) in [4.78, 5) is 22.1. The fourth-order valence-electron chi connectivity index (χ4n) is 0.489. The predicted molar refractivity (Wildman–Crippen MR) is 36.6 cm³/mol. The van der Waals surface area contributed by atoms with Gasteiger partial charge in [-0.05, 0) is 18.3 Å². The molecule has 0 saturated heterocycles. The van der Waals surface area contributed by atoms with Crippen molar-refractivity contribution in [1.29, 1.82) is 0 Å². The molecule has 0 aromatic carbocycles. The van der Waals surface area contributed by atoms with Crippen LogP contribution in [0.3, 0.4) is 0 Å². The van der Waals surface area contributed by atoms with Crippen LogP contribution in [0.1, 0.15) is 10.4 Å². The maximum atomic E-state index is 10.2. The van der Waals surface area contributed by atoms with Crippen LogP contribution in [-0.2, 0) is 22.4 Å². The zero-order valence-electron chi connectivity index (χ0n) is 6.64. The van der Waals surface area contributed by atoms with Gasteiger partial charge >= 0.3 is 5.97 Å². The summed E-state index contributed by atoms with van der Waals surface area (Å²) < 4.78 is 0. The first-order chi connectivity index (χ1) is 6.04. The minimum Gasteiger partial charge on any atom is -0.652 e. The molecule has 1 radical (unpaired) electrons. The summed E-state index contributed by atoms with van der Waals surface area (Å²) in [6, 6.07) is 3.08. The minimum atomic E-state index is -2.33. The molecule has 14 heavy (non-hydrogen) atoms. The van der Waals surface area contributed by atoms with Crippen molar-refractivity contribution in [3.05, 3.63) is 30.1 Å². The normalized spacial score (nSPS) is 7.43. The van der Waals surface area contributed by atoms with Crippen LogP contribution in [0.4, 0.5) is 4.79 Å². The Morgan fingerprint density at radius 1 is 1.36 bits per heavy atom. The van der Waals surface area contributed by atoms with E-state index in [9.17, 15) is 4.79 Å². The Balaban J connectivity index is 0. The Kier molecular flexibility index (Phi) is 8.90. The van der Waals surface area contributed by atoms with Gasteiger partial charge in [-0.1, -0.05) is 0 Å². The maximum Gasteiger partial charge on any atom is 0.337 e. The van der Waals surface area contributed by atoms with Crippen LogP contribution in [0, 0.1) is 0 Å². The van der Waals surface area contributed by atoms with E-state index in [-0.39, 0.29) is 27.9 Å². The van der Waals surface area contributed by atoms with Crippen molar-refractivity contribution in [3.8, 4) is 0 Å². The summed E-state index contributed by atoms with van der Waals surface area (Å²) >= 11 is 0. The number of rotatable bonds is 1.